The maximum atomic E-state index is 7.15. The topological polar surface area (TPSA) is 13.1 Å². The Labute approximate surface area is 333 Å². The molecule has 0 unspecified atom stereocenters. The Hall–Kier alpha value is -4.17. The highest BCUT2D eigenvalue weighted by Gasteiger charge is 2.28. The molecule has 0 aliphatic rings. The van der Waals surface area contributed by atoms with Gasteiger partial charge in [0.1, 0.15) is 129 Å². The average Bonchev–Trinajstić information content (AvgIpc) is 3.59. The van der Waals surface area contributed by atoms with E-state index in [1.165, 1.54) is 0 Å². The summed E-state index contributed by atoms with van der Waals surface area (Å²) in [6.45, 7) is 0. The molecule has 0 N–H and O–H groups in total. The van der Waals surface area contributed by atoms with Gasteiger partial charge in [-0.25, -0.2) is 0 Å². The Morgan fingerprint density at radius 2 is 0.630 bits per heavy atom. The quantitative estimate of drug-likeness (QED) is 0.138. The van der Waals surface area contributed by atoms with Crippen LogP contribution in [0.3, 0.4) is 0 Å². The van der Waals surface area contributed by atoms with E-state index < -0.39 is 0 Å². The van der Waals surface area contributed by atoms with Crippen molar-refractivity contribution in [2.45, 2.75) is 0 Å². The third-order valence-corrected chi connectivity index (χ3v) is 10.5. The van der Waals surface area contributed by atoms with Gasteiger partial charge in [0, 0.05) is 10.8 Å². The van der Waals surface area contributed by atoms with Crippen LogP contribution in [-0.2, 0) is 0 Å². The Morgan fingerprint density at radius 1 is 0.259 bits per heavy atom. The lowest BCUT2D eigenvalue weighted by molar-refractivity contribution is 0.675. The van der Waals surface area contributed by atoms with Gasteiger partial charge in [-0.3, -0.25) is 0 Å². The lowest BCUT2D eigenvalue weighted by Gasteiger charge is -2.30. The maximum Gasteiger partial charge on any atom is 0.127 e. The number of hydrogen-bond acceptors (Lipinski definition) is 1. The molecule has 8 rings (SSSR count). The van der Waals surface area contributed by atoms with Crippen LogP contribution in [0.15, 0.2) is 59.0 Å². The van der Waals surface area contributed by atoms with E-state index in [9.17, 15) is 0 Å². The minimum atomic E-state index is -0.0275. The van der Waals surface area contributed by atoms with Crippen LogP contribution in [0, 0.1) is 0 Å². The molecule has 0 saturated heterocycles. The predicted molar refractivity (Wildman–Crippen MR) is 246 cm³/mol. The summed E-state index contributed by atoms with van der Waals surface area (Å²) in [4.78, 5) is 0. The second-order valence-corrected chi connectivity index (χ2v) is 13.3. The molecule has 54 heavy (non-hydrogen) atoms. The van der Waals surface area contributed by atoms with Crippen LogP contribution in [0.25, 0.3) is 76.9 Å². The minimum absolute atomic E-state index is 0.000216. The van der Waals surface area contributed by atoms with Crippen molar-refractivity contribution in [3.05, 3.63) is 54.6 Å². The highest BCUT2D eigenvalue weighted by Crippen LogP contribution is 2.41. The molecule has 1 heterocycles. The highest BCUT2D eigenvalue weighted by molar-refractivity contribution is 6.73. The van der Waals surface area contributed by atoms with Gasteiger partial charge in [-0.05, 0) is 61.0 Å². The fourth-order valence-corrected chi connectivity index (χ4v) is 7.64. The summed E-state index contributed by atoms with van der Waals surface area (Å²) in [7, 11) is 100. The van der Waals surface area contributed by atoms with Crippen LogP contribution in [0.5, 0.6) is 0 Å². The van der Waals surface area contributed by atoms with E-state index >= 15 is 0 Å². The largest absolute Gasteiger partial charge is 0.457 e. The second kappa shape index (κ2) is 13.0. The average molecular weight is 644 g/mol. The molecule has 0 spiro atoms. The molecule has 0 saturated carbocycles. The molecule has 30 radical (unpaired) electrons. The predicted octanol–water partition coefficient (Wildman–Crippen LogP) is -7.20. The number of hydrogen-bond donors (Lipinski definition) is 0. The molecule has 0 fully saturated rings. The molecule has 1 nitrogen and oxygen atoms in total. The van der Waals surface area contributed by atoms with Crippen molar-refractivity contribution in [3.8, 4) is 33.4 Å². The normalized spacial score (nSPS) is 11.7. The van der Waals surface area contributed by atoms with Crippen molar-refractivity contribution in [2.24, 2.45) is 0 Å². The third kappa shape index (κ3) is 4.93. The Balaban J connectivity index is 1.68. The van der Waals surface area contributed by atoms with Crippen molar-refractivity contribution in [3.63, 3.8) is 0 Å². The molecule has 1 aromatic heterocycles. The molecule has 0 amide bonds. The molecule has 16 heteroatoms. The molecular formula is C38H9B15O. The molecule has 0 aliphatic heterocycles. The lowest BCUT2D eigenvalue weighted by Crippen LogP contribution is -2.50. The molecule has 0 aliphatic carbocycles. The van der Waals surface area contributed by atoms with Crippen LogP contribution >= 0.6 is 0 Å². The zero-order valence-corrected chi connectivity index (χ0v) is 28.8. The van der Waals surface area contributed by atoms with Crippen molar-refractivity contribution >= 4 is 243 Å². The number of benzene rings is 7. The summed E-state index contributed by atoms with van der Waals surface area (Å²) in [5.74, 6) is 0. The summed E-state index contributed by atoms with van der Waals surface area (Å²) in [6.07, 6.45) is 0. The minimum Gasteiger partial charge on any atom is -0.457 e. The molecule has 7 aromatic carbocycles. The Morgan fingerprint density at radius 3 is 1.13 bits per heavy atom. The van der Waals surface area contributed by atoms with E-state index in [1.807, 2.05) is 54.6 Å². The van der Waals surface area contributed by atoms with Gasteiger partial charge < -0.3 is 4.42 Å². The molecule has 0 atom stereocenters. The maximum absolute atomic E-state index is 7.15. The van der Waals surface area contributed by atoms with Crippen LogP contribution in [0.4, 0.5) is 0 Å². The fourth-order valence-electron chi connectivity index (χ4n) is 7.64. The SMILES string of the molecule is [B]c1c([B])c([B])c2c(oc3c([B])c([B])c(-c4c5c([B])c([B])c([B])c([B])c5c(-c5cccc(-c6ccccc6)c5)c5c([B])c([B])c([B])c([B])c45)c([B])c32)c1[B]. The standard InChI is InChI=1S/C38H9B15O/c39-22-19(27(44)35(52)37-20(22)21-28(45)33(50)34(51)36(53)38(21)54-37)14-17-15(23(40)29(46)31(48)25(17)42)13(16-18(14)26(43)32(49)30(47)24(16)41)12-8-4-7-11(9-12)10-5-2-1-3-6-10/h1-9H. The van der Waals surface area contributed by atoms with E-state index in [0.29, 0.717) is 21.9 Å². The number of rotatable bonds is 3. The second-order valence-electron chi connectivity index (χ2n) is 13.3. The van der Waals surface area contributed by atoms with E-state index in [0.717, 1.165) is 11.1 Å². The van der Waals surface area contributed by atoms with E-state index in [4.69, 9.17) is 122 Å². The zero-order chi connectivity index (χ0) is 38.8. The van der Waals surface area contributed by atoms with Crippen molar-refractivity contribution < 1.29 is 4.42 Å². The first-order chi connectivity index (χ1) is 25.6. The summed E-state index contributed by atoms with van der Waals surface area (Å²) >= 11 is 0. The van der Waals surface area contributed by atoms with Gasteiger partial charge in [-0.15, -0.1) is 32.8 Å². The molecule has 0 bridgehead atoms. The van der Waals surface area contributed by atoms with Crippen LogP contribution in [0.1, 0.15) is 0 Å². The number of furan rings is 1. The van der Waals surface area contributed by atoms with Gasteiger partial charge in [-0.2, -0.15) is 0 Å². The van der Waals surface area contributed by atoms with Crippen molar-refractivity contribution in [1.82, 2.24) is 0 Å². The van der Waals surface area contributed by atoms with Gasteiger partial charge in [0.15, 0.2) is 0 Å². The van der Waals surface area contributed by atoms with Gasteiger partial charge >= 0.3 is 0 Å². The lowest BCUT2D eigenvalue weighted by atomic mass is 9.58. The van der Waals surface area contributed by atoms with Gasteiger partial charge in [0.2, 0.25) is 0 Å². The first-order valence-electron chi connectivity index (χ1n) is 16.5. The monoisotopic (exact) mass is 646 g/mol. The smallest absolute Gasteiger partial charge is 0.127 e. The van der Waals surface area contributed by atoms with E-state index in [-0.39, 0.29) is 126 Å². The van der Waals surface area contributed by atoms with Crippen molar-refractivity contribution in [2.75, 3.05) is 0 Å². The van der Waals surface area contributed by atoms with Crippen LogP contribution in [-0.4, -0.2) is 118 Å². The summed E-state index contributed by atoms with van der Waals surface area (Å²) in [6, 6.07) is 17.5. The first-order valence-corrected chi connectivity index (χ1v) is 16.5. The van der Waals surface area contributed by atoms with Gasteiger partial charge in [0.05, 0.1) is 0 Å². The van der Waals surface area contributed by atoms with Gasteiger partial charge in [-0.1, -0.05) is 97.7 Å². The zero-order valence-electron chi connectivity index (χ0n) is 28.8. The van der Waals surface area contributed by atoms with E-state index in [1.54, 1.807) is 0 Å². The first kappa shape index (κ1) is 36.8. The fraction of sp³-hybridized carbons (Fsp3) is 0. The Bertz CT molecular complexity index is 2910. The van der Waals surface area contributed by atoms with Crippen molar-refractivity contribution in [1.29, 1.82) is 0 Å². The summed E-state index contributed by atoms with van der Waals surface area (Å²) in [5, 5.41) is 1.78. The van der Waals surface area contributed by atoms with Crippen LogP contribution < -0.4 is 81.9 Å². The summed E-state index contributed by atoms with van der Waals surface area (Å²) in [5.41, 5.74) is 4.05. The molecule has 212 valence electrons. The summed E-state index contributed by atoms with van der Waals surface area (Å²) < 4.78 is 6.15. The van der Waals surface area contributed by atoms with E-state index in [2.05, 4.69) is 0 Å². The third-order valence-electron chi connectivity index (χ3n) is 10.5. The number of fused-ring (bicyclic) bond motifs is 5. The van der Waals surface area contributed by atoms with Gasteiger partial charge in [0.25, 0.3) is 0 Å². The Kier molecular flexibility index (Phi) is 8.83. The molecule has 8 aromatic rings. The molecular weight excluding hydrogens is 635 g/mol. The van der Waals surface area contributed by atoms with Crippen LogP contribution in [0.2, 0.25) is 0 Å². The highest BCUT2D eigenvalue weighted by atomic mass is 16.3.